The third-order valence-electron chi connectivity index (χ3n) is 7.86. The third-order valence-corrected chi connectivity index (χ3v) is 8.79. The highest BCUT2D eigenvalue weighted by molar-refractivity contribution is 9.10. The minimum absolute atomic E-state index is 0.109. The number of fused-ring (bicyclic) bond motifs is 1. The molecule has 0 radical (unpaired) electrons. The number of piperidine rings is 1. The standard InChI is InChI=1S/C22H27BrN4O/c23-22-11-15-8-16(12-22)10-21(9-15,14-22)20(28)26-6-3-4-17(13-26)19-25-24-18-5-1-2-7-27(18)19/h1-2,5,7,15-17H,3-4,6,8-14H2. The summed E-state index contributed by atoms with van der Waals surface area (Å²) in [6, 6.07) is 6.01. The summed E-state index contributed by atoms with van der Waals surface area (Å²) in [5, 5.41) is 8.81. The van der Waals surface area contributed by atoms with Crippen molar-refractivity contribution in [1.29, 1.82) is 0 Å². The van der Waals surface area contributed by atoms with Crippen LogP contribution in [0, 0.1) is 17.3 Å². The van der Waals surface area contributed by atoms with Crippen LogP contribution >= 0.6 is 15.9 Å². The Kier molecular flexibility index (Phi) is 3.76. The van der Waals surface area contributed by atoms with Gasteiger partial charge in [0.1, 0.15) is 5.82 Å². The van der Waals surface area contributed by atoms with Gasteiger partial charge in [0.25, 0.3) is 0 Å². The van der Waals surface area contributed by atoms with E-state index in [1.54, 1.807) is 0 Å². The lowest BCUT2D eigenvalue weighted by Gasteiger charge is -2.60. The summed E-state index contributed by atoms with van der Waals surface area (Å²) in [5.41, 5.74) is 0.783. The van der Waals surface area contributed by atoms with Gasteiger partial charge < -0.3 is 4.90 Å². The second kappa shape index (κ2) is 6.04. The second-order valence-electron chi connectivity index (χ2n) is 9.97. The zero-order chi connectivity index (χ0) is 18.9. The predicted octanol–water partition coefficient (Wildman–Crippen LogP) is 4.17. The van der Waals surface area contributed by atoms with E-state index in [1.165, 1.54) is 19.3 Å². The van der Waals surface area contributed by atoms with Crippen LogP contribution in [0.3, 0.4) is 0 Å². The summed E-state index contributed by atoms with van der Waals surface area (Å²) in [5.74, 6) is 3.21. The van der Waals surface area contributed by atoms with Crippen LogP contribution < -0.4 is 0 Å². The Labute approximate surface area is 174 Å². The van der Waals surface area contributed by atoms with Gasteiger partial charge in [-0.05, 0) is 75.3 Å². The number of hydrogen-bond donors (Lipinski definition) is 0. The van der Waals surface area contributed by atoms with Gasteiger partial charge in [-0.15, -0.1) is 10.2 Å². The molecule has 0 aromatic carbocycles. The smallest absolute Gasteiger partial charge is 0.228 e. The van der Waals surface area contributed by atoms with Crippen molar-refractivity contribution in [3.05, 3.63) is 30.2 Å². The van der Waals surface area contributed by atoms with Crippen molar-refractivity contribution in [3.63, 3.8) is 0 Å². The fourth-order valence-electron chi connectivity index (χ4n) is 7.25. The Balaban J connectivity index is 1.27. The number of carbonyl (C=O) groups is 1. The molecule has 1 aliphatic heterocycles. The molecular weight excluding hydrogens is 416 g/mol. The fourth-order valence-corrected chi connectivity index (χ4v) is 8.70. The zero-order valence-electron chi connectivity index (χ0n) is 16.2. The summed E-state index contributed by atoms with van der Waals surface area (Å²) in [6.45, 7) is 1.69. The summed E-state index contributed by atoms with van der Waals surface area (Å²) in [6.07, 6.45) is 11.3. The summed E-state index contributed by atoms with van der Waals surface area (Å²) in [4.78, 5) is 16.0. The van der Waals surface area contributed by atoms with E-state index >= 15 is 0 Å². The molecule has 7 rings (SSSR count). The van der Waals surface area contributed by atoms with E-state index in [2.05, 4.69) is 35.4 Å². The summed E-state index contributed by atoms with van der Waals surface area (Å²) >= 11 is 4.06. The molecule has 2 aromatic rings. The molecule has 148 valence electrons. The Bertz CT molecular complexity index is 926. The number of carbonyl (C=O) groups excluding carboxylic acids is 1. The van der Waals surface area contributed by atoms with Gasteiger partial charge in [0.15, 0.2) is 5.65 Å². The van der Waals surface area contributed by atoms with Crippen LogP contribution in [-0.4, -0.2) is 42.8 Å². The molecule has 2 aromatic heterocycles. The van der Waals surface area contributed by atoms with E-state index in [-0.39, 0.29) is 15.7 Å². The van der Waals surface area contributed by atoms with E-state index in [0.29, 0.717) is 5.91 Å². The maximum absolute atomic E-state index is 13.8. The van der Waals surface area contributed by atoms with Crippen LogP contribution in [0.1, 0.15) is 63.1 Å². The first kappa shape index (κ1) is 17.4. The monoisotopic (exact) mass is 442 g/mol. The molecule has 0 spiro atoms. The highest BCUT2D eigenvalue weighted by atomic mass is 79.9. The Morgan fingerprint density at radius 2 is 1.96 bits per heavy atom. The third kappa shape index (κ3) is 2.59. The molecular formula is C22H27BrN4O. The molecule has 3 unspecified atom stereocenters. The van der Waals surface area contributed by atoms with Gasteiger partial charge in [-0.3, -0.25) is 9.20 Å². The molecule has 1 amide bonds. The minimum atomic E-state index is -0.109. The van der Waals surface area contributed by atoms with Gasteiger partial charge in [0.05, 0.1) is 5.41 Å². The Hall–Kier alpha value is -1.43. The zero-order valence-corrected chi connectivity index (χ0v) is 17.8. The lowest BCUT2D eigenvalue weighted by Crippen LogP contribution is -2.59. The average Bonchev–Trinajstić information content (AvgIpc) is 3.10. The van der Waals surface area contributed by atoms with Crippen LogP contribution in [0.5, 0.6) is 0 Å². The first-order valence-corrected chi connectivity index (χ1v) is 11.6. The van der Waals surface area contributed by atoms with Gasteiger partial charge in [-0.2, -0.15) is 0 Å². The van der Waals surface area contributed by atoms with E-state index in [1.807, 2.05) is 24.4 Å². The van der Waals surface area contributed by atoms with Crippen molar-refractivity contribution in [2.24, 2.45) is 17.3 Å². The molecule has 4 aliphatic carbocycles. The molecule has 28 heavy (non-hydrogen) atoms. The highest BCUT2D eigenvalue weighted by Gasteiger charge is 2.60. The molecule has 3 heterocycles. The lowest BCUT2D eigenvalue weighted by atomic mass is 9.49. The SMILES string of the molecule is O=C(N1CCCC(c2nnc3ccccn23)C1)C12CC3CC(CC(Br)(C3)C1)C2. The van der Waals surface area contributed by atoms with E-state index in [9.17, 15) is 4.79 Å². The maximum atomic E-state index is 13.8. The quantitative estimate of drug-likeness (QED) is 0.655. The van der Waals surface area contributed by atoms with Crippen LogP contribution in [0.25, 0.3) is 5.65 Å². The van der Waals surface area contributed by atoms with Crippen LogP contribution in [0.15, 0.2) is 24.4 Å². The number of halogens is 1. The average molecular weight is 443 g/mol. The van der Waals surface area contributed by atoms with Crippen molar-refractivity contribution in [2.75, 3.05) is 13.1 Å². The Morgan fingerprint density at radius 1 is 1.14 bits per heavy atom. The van der Waals surface area contributed by atoms with Crippen LogP contribution in [-0.2, 0) is 4.79 Å². The van der Waals surface area contributed by atoms with Crippen LogP contribution in [0.4, 0.5) is 0 Å². The van der Waals surface area contributed by atoms with E-state index < -0.39 is 0 Å². The number of likely N-dealkylation sites (tertiary alicyclic amines) is 1. The molecule has 5 fully saturated rings. The lowest BCUT2D eigenvalue weighted by molar-refractivity contribution is -0.156. The van der Waals surface area contributed by atoms with Crippen molar-refractivity contribution in [1.82, 2.24) is 19.5 Å². The number of hydrogen-bond acceptors (Lipinski definition) is 3. The number of alkyl halides is 1. The normalized spacial score (nSPS) is 39.6. The number of aromatic nitrogens is 3. The topological polar surface area (TPSA) is 50.5 Å². The largest absolute Gasteiger partial charge is 0.341 e. The summed E-state index contributed by atoms with van der Waals surface area (Å²) < 4.78 is 2.32. The molecule has 0 N–H and O–H groups in total. The molecule has 3 atom stereocenters. The van der Waals surface area contributed by atoms with Gasteiger partial charge in [0, 0.05) is 29.5 Å². The van der Waals surface area contributed by atoms with Crippen molar-refractivity contribution in [3.8, 4) is 0 Å². The molecule has 6 heteroatoms. The first-order valence-electron chi connectivity index (χ1n) is 10.8. The molecule has 4 bridgehead atoms. The van der Waals surface area contributed by atoms with Gasteiger partial charge in [0.2, 0.25) is 5.91 Å². The maximum Gasteiger partial charge on any atom is 0.228 e. The van der Waals surface area contributed by atoms with Crippen molar-refractivity contribution < 1.29 is 4.79 Å². The minimum Gasteiger partial charge on any atom is -0.341 e. The second-order valence-corrected chi connectivity index (χ2v) is 11.7. The van der Waals surface area contributed by atoms with Crippen molar-refractivity contribution in [2.45, 2.75) is 61.6 Å². The number of nitrogens with zero attached hydrogens (tertiary/aromatic N) is 4. The molecule has 5 nitrogen and oxygen atoms in total. The van der Waals surface area contributed by atoms with Crippen molar-refractivity contribution >= 4 is 27.5 Å². The van der Waals surface area contributed by atoms with Gasteiger partial charge >= 0.3 is 0 Å². The van der Waals surface area contributed by atoms with Crippen LogP contribution in [0.2, 0.25) is 0 Å². The number of amides is 1. The van der Waals surface area contributed by atoms with Gasteiger partial charge in [-0.25, -0.2) is 0 Å². The number of rotatable bonds is 2. The van der Waals surface area contributed by atoms with Gasteiger partial charge in [-0.1, -0.05) is 22.0 Å². The van der Waals surface area contributed by atoms with E-state index in [4.69, 9.17) is 0 Å². The molecule has 4 saturated carbocycles. The highest BCUT2D eigenvalue weighted by Crippen LogP contribution is 2.65. The van der Waals surface area contributed by atoms with E-state index in [0.717, 1.165) is 68.5 Å². The predicted molar refractivity (Wildman–Crippen MR) is 110 cm³/mol. The Morgan fingerprint density at radius 3 is 2.75 bits per heavy atom. The number of pyridine rings is 1. The molecule has 5 aliphatic rings. The summed E-state index contributed by atoms with van der Waals surface area (Å²) in [7, 11) is 0. The first-order chi connectivity index (χ1) is 13.5. The fraction of sp³-hybridized carbons (Fsp3) is 0.682. The molecule has 1 saturated heterocycles.